The standard InChI is InChI=1S/C17H25FN2O/c1-12(2)9-10-20(14-5-3-4-6-14)17(21)13-7-8-15(18)16(19)11-13/h7-8,11-12,14H,3-6,9-10,19H2,1-2H3. The maximum absolute atomic E-state index is 13.3. The molecule has 0 bridgehead atoms. The Morgan fingerprint density at radius 2 is 2.05 bits per heavy atom. The Hall–Kier alpha value is -1.58. The topological polar surface area (TPSA) is 46.3 Å². The molecule has 1 aliphatic rings. The van der Waals surface area contributed by atoms with Gasteiger partial charge in [-0.2, -0.15) is 0 Å². The van der Waals surface area contributed by atoms with Crippen LogP contribution < -0.4 is 5.73 Å². The highest BCUT2D eigenvalue weighted by atomic mass is 19.1. The molecule has 0 aromatic heterocycles. The van der Waals surface area contributed by atoms with Gasteiger partial charge < -0.3 is 10.6 Å². The number of hydrogen-bond donors (Lipinski definition) is 1. The van der Waals surface area contributed by atoms with E-state index in [-0.39, 0.29) is 11.6 Å². The second-order valence-corrected chi connectivity index (χ2v) is 6.36. The van der Waals surface area contributed by atoms with Crippen LogP contribution in [0.2, 0.25) is 0 Å². The number of hydrogen-bond acceptors (Lipinski definition) is 2. The van der Waals surface area contributed by atoms with Gasteiger partial charge in [-0.1, -0.05) is 26.7 Å². The van der Waals surface area contributed by atoms with E-state index in [4.69, 9.17) is 5.73 Å². The van der Waals surface area contributed by atoms with Gasteiger partial charge in [0, 0.05) is 18.2 Å². The van der Waals surface area contributed by atoms with E-state index in [1.54, 1.807) is 0 Å². The van der Waals surface area contributed by atoms with Crippen molar-refractivity contribution in [1.82, 2.24) is 4.90 Å². The molecule has 21 heavy (non-hydrogen) atoms. The number of carbonyl (C=O) groups is 1. The van der Waals surface area contributed by atoms with Gasteiger partial charge >= 0.3 is 0 Å². The average molecular weight is 292 g/mol. The molecule has 4 heteroatoms. The molecule has 0 spiro atoms. The van der Waals surface area contributed by atoms with E-state index in [1.807, 2.05) is 4.90 Å². The first-order chi connectivity index (χ1) is 9.99. The van der Waals surface area contributed by atoms with Crippen molar-refractivity contribution in [2.24, 2.45) is 5.92 Å². The minimum absolute atomic E-state index is 0.0192. The molecular weight excluding hydrogens is 267 g/mol. The van der Waals surface area contributed by atoms with Gasteiger partial charge in [0.1, 0.15) is 5.82 Å². The molecule has 1 saturated carbocycles. The number of nitrogens with two attached hydrogens (primary N) is 1. The second kappa shape index (κ2) is 6.92. The summed E-state index contributed by atoms with van der Waals surface area (Å²) < 4.78 is 13.3. The number of carbonyl (C=O) groups excluding carboxylic acids is 1. The van der Waals surface area contributed by atoms with E-state index in [0.29, 0.717) is 17.5 Å². The third-order valence-corrected chi connectivity index (χ3v) is 4.22. The summed E-state index contributed by atoms with van der Waals surface area (Å²) in [6.07, 6.45) is 5.49. The Bertz CT molecular complexity index is 496. The molecular formula is C17H25FN2O. The average Bonchev–Trinajstić information content (AvgIpc) is 2.95. The number of benzene rings is 1. The lowest BCUT2D eigenvalue weighted by Crippen LogP contribution is -2.40. The minimum Gasteiger partial charge on any atom is -0.396 e. The Balaban J connectivity index is 2.17. The summed E-state index contributed by atoms with van der Waals surface area (Å²) in [6.45, 7) is 5.08. The van der Waals surface area contributed by atoms with Crippen molar-refractivity contribution in [1.29, 1.82) is 0 Å². The lowest BCUT2D eigenvalue weighted by atomic mass is 10.1. The Morgan fingerprint density at radius 1 is 1.38 bits per heavy atom. The van der Waals surface area contributed by atoms with Crippen molar-refractivity contribution in [3.63, 3.8) is 0 Å². The fraction of sp³-hybridized carbons (Fsp3) is 0.588. The summed E-state index contributed by atoms with van der Waals surface area (Å²) in [7, 11) is 0. The molecule has 3 nitrogen and oxygen atoms in total. The van der Waals surface area contributed by atoms with Gasteiger partial charge in [0.2, 0.25) is 0 Å². The number of amides is 1. The summed E-state index contributed by atoms with van der Waals surface area (Å²) in [5.41, 5.74) is 6.12. The summed E-state index contributed by atoms with van der Waals surface area (Å²) in [5.74, 6) is 0.0652. The fourth-order valence-corrected chi connectivity index (χ4v) is 2.91. The predicted molar refractivity (Wildman–Crippen MR) is 83.6 cm³/mol. The molecule has 0 atom stereocenters. The molecule has 0 unspecified atom stereocenters. The van der Waals surface area contributed by atoms with Gasteiger partial charge in [0.05, 0.1) is 5.69 Å². The third-order valence-electron chi connectivity index (χ3n) is 4.22. The number of nitrogens with zero attached hydrogens (tertiary/aromatic N) is 1. The van der Waals surface area contributed by atoms with Crippen LogP contribution in [0.3, 0.4) is 0 Å². The fourth-order valence-electron chi connectivity index (χ4n) is 2.91. The molecule has 1 amide bonds. The maximum atomic E-state index is 13.3. The molecule has 1 aliphatic carbocycles. The molecule has 1 fully saturated rings. The summed E-state index contributed by atoms with van der Waals surface area (Å²) in [6, 6.07) is 4.58. The van der Waals surface area contributed by atoms with E-state index in [2.05, 4.69) is 13.8 Å². The molecule has 2 rings (SSSR count). The van der Waals surface area contributed by atoms with Gasteiger partial charge in [-0.25, -0.2) is 4.39 Å². The SMILES string of the molecule is CC(C)CCN(C(=O)c1ccc(F)c(N)c1)C1CCCC1. The molecule has 0 aliphatic heterocycles. The highest BCUT2D eigenvalue weighted by molar-refractivity contribution is 5.95. The zero-order valence-electron chi connectivity index (χ0n) is 12.9. The molecule has 0 saturated heterocycles. The highest BCUT2D eigenvalue weighted by Gasteiger charge is 2.27. The second-order valence-electron chi connectivity index (χ2n) is 6.36. The molecule has 116 valence electrons. The van der Waals surface area contributed by atoms with Gasteiger partial charge in [0.25, 0.3) is 5.91 Å². The van der Waals surface area contributed by atoms with Gasteiger partial charge in [-0.05, 0) is 43.4 Å². The monoisotopic (exact) mass is 292 g/mol. The Morgan fingerprint density at radius 3 is 2.62 bits per heavy atom. The lowest BCUT2D eigenvalue weighted by molar-refractivity contribution is 0.0672. The van der Waals surface area contributed by atoms with E-state index in [0.717, 1.165) is 25.8 Å². The largest absolute Gasteiger partial charge is 0.396 e. The first kappa shape index (κ1) is 15.8. The van der Waals surface area contributed by atoms with Crippen LogP contribution in [0.5, 0.6) is 0 Å². The highest BCUT2D eigenvalue weighted by Crippen LogP contribution is 2.26. The van der Waals surface area contributed by atoms with Crippen LogP contribution >= 0.6 is 0 Å². The number of nitrogen functional groups attached to an aromatic ring is 1. The number of anilines is 1. The zero-order chi connectivity index (χ0) is 15.4. The van der Waals surface area contributed by atoms with Crippen LogP contribution in [-0.2, 0) is 0 Å². The van der Waals surface area contributed by atoms with E-state index >= 15 is 0 Å². The van der Waals surface area contributed by atoms with Crippen molar-refractivity contribution in [3.05, 3.63) is 29.6 Å². The first-order valence-electron chi connectivity index (χ1n) is 7.85. The van der Waals surface area contributed by atoms with Gasteiger partial charge in [-0.15, -0.1) is 0 Å². The number of halogens is 1. The quantitative estimate of drug-likeness (QED) is 0.838. The molecule has 2 N–H and O–H groups in total. The first-order valence-corrected chi connectivity index (χ1v) is 7.85. The van der Waals surface area contributed by atoms with Gasteiger partial charge in [-0.3, -0.25) is 4.79 Å². The van der Waals surface area contributed by atoms with Crippen LogP contribution in [0.15, 0.2) is 18.2 Å². The zero-order valence-corrected chi connectivity index (χ0v) is 12.9. The summed E-state index contributed by atoms with van der Waals surface area (Å²) in [4.78, 5) is 14.7. The molecule has 1 aromatic rings. The minimum atomic E-state index is -0.471. The van der Waals surface area contributed by atoms with Crippen molar-refractivity contribution >= 4 is 11.6 Å². The third kappa shape index (κ3) is 3.96. The molecule has 0 heterocycles. The van der Waals surface area contributed by atoms with Crippen LogP contribution in [0.25, 0.3) is 0 Å². The van der Waals surface area contributed by atoms with Crippen molar-refractivity contribution in [2.45, 2.75) is 52.0 Å². The van der Waals surface area contributed by atoms with Crippen molar-refractivity contribution in [3.8, 4) is 0 Å². The van der Waals surface area contributed by atoms with Crippen LogP contribution in [-0.4, -0.2) is 23.4 Å². The predicted octanol–water partition coefficient (Wildman–Crippen LogP) is 3.84. The molecule has 0 radical (unpaired) electrons. The van der Waals surface area contributed by atoms with Crippen molar-refractivity contribution < 1.29 is 9.18 Å². The lowest BCUT2D eigenvalue weighted by Gasteiger charge is -2.30. The van der Waals surface area contributed by atoms with E-state index in [9.17, 15) is 9.18 Å². The van der Waals surface area contributed by atoms with Crippen LogP contribution in [0, 0.1) is 11.7 Å². The normalized spacial score (nSPS) is 15.6. The van der Waals surface area contributed by atoms with E-state index in [1.165, 1.54) is 31.0 Å². The Labute approximate surface area is 126 Å². The van der Waals surface area contributed by atoms with Crippen LogP contribution in [0.4, 0.5) is 10.1 Å². The van der Waals surface area contributed by atoms with Crippen molar-refractivity contribution in [2.75, 3.05) is 12.3 Å². The maximum Gasteiger partial charge on any atom is 0.254 e. The summed E-state index contributed by atoms with van der Waals surface area (Å²) in [5, 5.41) is 0. The van der Waals surface area contributed by atoms with E-state index < -0.39 is 5.82 Å². The molecule has 1 aromatic carbocycles. The summed E-state index contributed by atoms with van der Waals surface area (Å²) >= 11 is 0. The Kier molecular flexibility index (Phi) is 5.21. The number of rotatable bonds is 5. The smallest absolute Gasteiger partial charge is 0.254 e. The van der Waals surface area contributed by atoms with Gasteiger partial charge in [0.15, 0.2) is 0 Å². The van der Waals surface area contributed by atoms with Crippen LogP contribution in [0.1, 0.15) is 56.3 Å².